The van der Waals surface area contributed by atoms with E-state index in [-0.39, 0.29) is 24.9 Å². The lowest BCUT2D eigenvalue weighted by atomic mass is 10.1. The standard InChI is InChI=1S/C21H25N3O2.ClH/c1-4-5-10-26-19-8-6-18(7-9-19)24-20(25)14-22-21(24)23-17-12-15(2)11-16(3)13-17;/h6-9,11-13H,4-5,10,14H2,1-3H3,(H,22,23);1H. The van der Waals surface area contributed by atoms with Crippen molar-refractivity contribution in [3.05, 3.63) is 53.6 Å². The number of hydrogen-bond acceptors (Lipinski definition) is 4. The molecule has 2 aromatic rings. The maximum Gasteiger partial charge on any atom is 0.255 e. The van der Waals surface area contributed by atoms with Gasteiger partial charge in [-0.25, -0.2) is 9.89 Å². The van der Waals surface area contributed by atoms with E-state index in [9.17, 15) is 4.79 Å². The van der Waals surface area contributed by atoms with Gasteiger partial charge in [0.2, 0.25) is 5.96 Å². The number of aryl methyl sites for hydroxylation is 2. The molecule has 6 heteroatoms. The summed E-state index contributed by atoms with van der Waals surface area (Å²) in [6, 6.07) is 13.8. The molecule has 0 aliphatic carbocycles. The van der Waals surface area contributed by atoms with Crippen LogP contribution in [-0.2, 0) is 4.79 Å². The fraction of sp³-hybridized carbons (Fsp3) is 0.333. The summed E-state index contributed by atoms with van der Waals surface area (Å²) < 4.78 is 5.69. The molecular formula is C21H26ClN3O2. The Hall–Kier alpha value is -2.53. The number of halogens is 1. The molecule has 0 saturated carbocycles. The van der Waals surface area contributed by atoms with Crippen molar-refractivity contribution >= 4 is 35.6 Å². The third-order valence-electron chi connectivity index (χ3n) is 4.16. The van der Waals surface area contributed by atoms with E-state index in [1.54, 1.807) is 4.90 Å². The number of unbranched alkanes of at least 4 members (excludes halogenated alkanes) is 1. The number of benzene rings is 2. The van der Waals surface area contributed by atoms with Crippen LogP contribution in [0.3, 0.4) is 0 Å². The molecule has 0 atom stereocenters. The van der Waals surface area contributed by atoms with Gasteiger partial charge in [-0.2, -0.15) is 0 Å². The first kappa shape index (κ1) is 20.8. The molecule has 1 heterocycles. The van der Waals surface area contributed by atoms with E-state index in [2.05, 4.69) is 37.1 Å². The Labute approximate surface area is 166 Å². The maximum atomic E-state index is 12.3. The highest BCUT2D eigenvalue weighted by atomic mass is 35.5. The molecule has 0 unspecified atom stereocenters. The number of anilines is 2. The van der Waals surface area contributed by atoms with Crippen LogP contribution in [0.25, 0.3) is 0 Å². The number of ether oxygens (including phenoxy) is 1. The highest BCUT2D eigenvalue weighted by Crippen LogP contribution is 2.24. The molecule has 0 bridgehead atoms. The quantitative estimate of drug-likeness (QED) is 0.729. The Morgan fingerprint density at radius 1 is 1.11 bits per heavy atom. The number of aliphatic imine (C=N–C) groups is 1. The van der Waals surface area contributed by atoms with Crippen LogP contribution < -0.4 is 15.0 Å². The normalized spacial score (nSPS) is 13.2. The van der Waals surface area contributed by atoms with Crippen molar-refractivity contribution < 1.29 is 9.53 Å². The summed E-state index contributed by atoms with van der Waals surface area (Å²) >= 11 is 0. The molecule has 0 radical (unpaired) electrons. The molecule has 1 N–H and O–H groups in total. The van der Waals surface area contributed by atoms with Crippen molar-refractivity contribution in [2.24, 2.45) is 4.99 Å². The van der Waals surface area contributed by atoms with Gasteiger partial charge in [-0.1, -0.05) is 19.4 Å². The number of nitrogens with zero attached hydrogens (tertiary/aromatic N) is 2. The number of carbonyl (C=O) groups excluding carboxylic acids is 1. The van der Waals surface area contributed by atoms with Gasteiger partial charge in [0.25, 0.3) is 5.91 Å². The first-order chi connectivity index (χ1) is 12.6. The zero-order chi connectivity index (χ0) is 18.5. The van der Waals surface area contributed by atoms with E-state index in [1.807, 2.05) is 36.4 Å². The number of carbonyl (C=O) groups is 1. The fourth-order valence-electron chi connectivity index (χ4n) is 2.97. The molecule has 27 heavy (non-hydrogen) atoms. The molecule has 0 spiro atoms. The fourth-order valence-corrected chi connectivity index (χ4v) is 2.97. The molecule has 0 fully saturated rings. The van der Waals surface area contributed by atoms with Gasteiger partial charge >= 0.3 is 0 Å². The van der Waals surface area contributed by atoms with E-state index in [0.29, 0.717) is 12.6 Å². The second kappa shape index (κ2) is 9.42. The van der Waals surface area contributed by atoms with Crippen molar-refractivity contribution in [2.75, 3.05) is 23.4 Å². The smallest absolute Gasteiger partial charge is 0.255 e. The summed E-state index contributed by atoms with van der Waals surface area (Å²) in [6.45, 7) is 7.10. The van der Waals surface area contributed by atoms with Gasteiger partial charge < -0.3 is 10.1 Å². The summed E-state index contributed by atoms with van der Waals surface area (Å²) in [5, 5.41) is 3.28. The summed E-state index contributed by atoms with van der Waals surface area (Å²) in [7, 11) is 0. The topological polar surface area (TPSA) is 53.9 Å². The van der Waals surface area contributed by atoms with Crippen LogP contribution in [-0.4, -0.2) is 25.0 Å². The highest BCUT2D eigenvalue weighted by molar-refractivity contribution is 6.24. The van der Waals surface area contributed by atoms with Crippen LogP contribution in [0, 0.1) is 13.8 Å². The van der Waals surface area contributed by atoms with E-state index >= 15 is 0 Å². The maximum absolute atomic E-state index is 12.3. The van der Waals surface area contributed by atoms with Crippen molar-refractivity contribution in [3.8, 4) is 5.75 Å². The Morgan fingerprint density at radius 2 is 1.78 bits per heavy atom. The lowest BCUT2D eigenvalue weighted by Crippen LogP contribution is -2.36. The molecule has 2 aromatic carbocycles. The average molecular weight is 388 g/mol. The predicted molar refractivity (Wildman–Crippen MR) is 113 cm³/mol. The van der Waals surface area contributed by atoms with Gasteiger partial charge in [-0.3, -0.25) is 4.79 Å². The molecule has 1 amide bonds. The molecule has 1 aliphatic heterocycles. The van der Waals surface area contributed by atoms with Gasteiger partial charge in [0.05, 0.1) is 12.3 Å². The zero-order valence-corrected chi connectivity index (χ0v) is 16.8. The SMILES string of the molecule is CCCCOc1ccc(N2C(=O)CN=C2Nc2cc(C)cc(C)c2)cc1.Cl. The number of rotatable bonds is 6. The second-order valence-electron chi connectivity index (χ2n) is 6.57. The average Bonchev–Trinajstić information content (AvgIpc) is 2.95. The van der Waals surface area contributed by atoms with Crippen LogP contribution in [0.15, 0.2) is 47.5 Å². The van der Waals surface area contributed by atoms with Gasteiger partial charge in [0, 0.05) is 5.69 Å². The number of amides is 1. The monoisotopic (exact) mass is 387 g/mol. The van der Waals surface area contributed by atoms with Crippen molar-refractivity contribution in [3.63, 3.8) is 0 Å². The zero-order valence-electron chi connectivity index (χ0n) is 16.0. The van der Waals surface area contributed by atoms with Gasteiger partial charge in [-0.05, 0) is 67.8 Å². The Kier molecular flexibility index (Phi) is 7.25. The number of guanidine groups is 1. The summed E-state index contributed by atoms with van der Waals surface area (Å²) in [5.74, 6) is 1.32. The largest absolute Gasteiger partial charge is 0.494 e. The molecule has 0 saturated heterocycles. The van der Waals surface area contributed by atoms with E-state index in [0.717, 1.165) is 41.1 Å². The lowest BCUT2D eigenvalue weighted by molar-refractivity contribution is -0.115. The first-order valence-corrected chi connectivity index (χ1v) is 9.02. The third kappa shape index (κ3) is 5.23. The Bertz CT molecular complexity index is 798. The first-order valence-electron chi connectivity index (χ1n) is 9.02. The van der Waals surface area contributed by atoms with Gasteiger partial charge in [0.15, 0.2) is 0 Å². The van der Waals surface area contributed by atoms with Gasteiger partial charge in [-0.15, -0.1) is 12.4 Å². The van der Waals surface area contributed by atoms with E-state index < -0.39 is 0 Å². The minimum atomic E-state index is -0.0449. The Balaban J connectivity index is 0.00000261. The van der Waals surface area contributed by atoms with Crippen LogP contribution >= 0.6 is 12.4 Å². The summed E-state index contributed by atoms with van der Waals surface area (Å²) in [6.07, 6.45) is 2.13. The molecule has 144 valence electrons. The molecule has 3 rings (SSSR count). The van der Waals surface area contributed by atoms with Crippen molar-refractivity contribution in [2.45, 2.75) is 33.6 Å². The highest BCUT2D eigenvalue weighted by Gasteiger charge is 2.27. The van der Waals surface area contributed by atoms with E-state index in [1.165, 1.54) is 0 Å². The summed E-state index contributed by atoms with van der Waals surface area (Å²) in [5.41, 5.74) is 4.04. The van der Waals surface area contributed by atoms with Crippen LogP contribution in [0.2, 0.25) is 0 Å². The predicted octanol–water partition coefficient (Wildman–Crippen LogP) is 4.72. The number of nitrogens with one attached hydrogen (secondary N) is 1. The summed E-state index contributed by atoms with van der Waals surface area (Å²) in [4.78, 5) is 18.3. The molecule has 0 aromatic heterocycles. The van der Waals surface area contributed by atoms with Crippen molar-refractivity contribution in [1.82, 2.24) is 0 Å². The Morgan fingerprint density at radius 3 is 2.41 bits per heavy atom. The lowest BCUT2D eigenvalue weighted by Gasteiger charge is -2.20. The third-order valence-corrected chi connectivity index (χ3v) is 4.16. The molecule has 1 aliphatic rings. The minimum absolute atomic E-state index is 0. The van der Waals surface area contributed by atoms with Gasteiger partial charge in [0.1, 0.15) is 12.3 Å². The molecular weight excluding hydrogens is 362 g/mol. The van der Waals surface area contributed by atoms with Crippen LogP contribution in [0.4, 0.5) is 11.4 Å². The van der Waals surface area contributed by atoms with Crippen molar-refractivity contribution in [1.29, 1.82) is 0 Å². The number of hydrogen-bond donors (Lipinski definition) is 1. The minimum Gasteiger partial charge on any atom is -0.494 e. The second-order valence-corrected chi connectivity index (χ2v) is 6.57. The van der Waals surface area contributed by atoms with Crippen LogP contribution in [0.5, 0.6) is 5.75 Å². The van der Waals surface area contributed by atoms with Crippen LogP contribution in [0.1, 0.15) is 30.9 Å². The molecule has 5 nitrogen and oxygen atoms in total. The van der Waals surface area contributed by atoms with E-state index in [4.69, 9.17) is 4.74 Å².